The van der Waals surface area contributed by atoms with Crippen LogP contribution in [0.2, 0.25) is 0 Å². The molecule has 0 aliphatic rings. The molecule has 114 valence electrons. The van der Waals surface area contributed by atoms with E-state index in [9.17, 15) is 9.90 Å². The van der Waals surface area contributed by atoms with Gasteiger partial charge in [0.1, 0.15) is 23.7 Å². The van der Waals surface area contributed by atoms with Gasteiger partial charge in [0.2, 0.25) is 5.91 Å². The number of hydrogen-bond donors (Lipinski definition) is 2. The summed E-state index contributed by atoms with van der Waals surface area (Å²) in [5, 5.41) is 13.1. The zero-order chi connectivity index (χ0) is 15.2. The Morgan fingerprint density at radius 2 is 2.20 bits per heavy atom. The fraction of sp³-hybridized carbons (Fsp3) is 0.667. The van der Waals surface area contributed by atoms with Crippen molar-refractivity contribution < 1.29 is 19.1 Å². The summed E-state index contributed by atoms with van der Waals surface area (Å²) in [6.45, 7) is 8.08. The summed E-state index contributed by atoms with van der Waals surface area (Å²) in [7, 11) is 0. The first-order valence-electron chi connectivity index (χ1n) is 7.01. The van der Waals surface area contributed by atoms with Gasteiger partial charge in [0, 0.05) is 12.2 Å². The predicted octanol–water partition coefficient (Wildman–Crippen LogP) is 2.04. The van der Waals surface area contributed by atoms with Gasteiger partial charge in [-0.25, -0.2) is 0 Å². The molecule has 1 atom stereocenters. The highest BCUT2D eigenvalue weighted by Gasteiger charge is 2.28. The van der Waals surface area contributed by atoms with Crippen LogP contribution in [-0.4, -0.2) is 30.8 Å². The summed E-state index contributed by atoms with van der Waals surface area (Å²) in [4.78, 5) is 11.6. The average Bonchev–Trinajstić information content (AvgIpc) is 2.72. The van der Waals surface area contributed by atoms with Gasteiger partial charge in [-0.1, -0.05) is 13.3 Å². The van der Waals surface area contributed by atoms with Crippen molar-refractivity contribution in [1.82, 2.24) is 5.32 Å². The molecule has 0 aliphatic heterocycles. The Hall–Kier alpha value is -1.33. The molecule has 5 nitrogen and oxygen atoms in total. The lowest BCUT2D eigenvalue weighted by atomic mass is 9.96. The van der Waals surface area contributed by atoms with Crippen molar-refractivity contribution in [2.45, 2.75) is 46.1 Å². The van der Waals surface area contributed by atoms with Gasteiger partial charge in [0.25, 0.3) is 0 Å². The molecule has 0 bridgehead atoms. The number of aliphatic hydroxyl groups is 1. The monoisotopic (exact) mass is 283 g/mol. The van der Waals surface area contributed by atoms with Crippen molar-refractivity contribution >= 4 is 5.91 Å². The number of unbranched alkanes of at least 4 members (excludes halogenated alkanes) is 1. The number of furan rings is 1. The summed E-state index contributed by atoms with van der Waals surface area (Å²) >= 11 is 0. The van der Waals surface area contributed by atoms with Crippen molar-refractivity contribution in [3.05, 3.63) is 23.2 Å². The van der Waals surface area contributed by atoms with Gasteiger partial charge < -0.3 is 19.6 Å². The van der Waals surface area contributed by atoms with Crippen LogP contribution in [0.3, 0.4) is 0 Å². The number of carbonyl (C=O) groups is 1. The van der Waals surface area contributed by atoms with Gasteiger partial charge in [-0.15, -0.1) is 0 Å². The molecular weight excluding hydrogens is 258 g/mol. The molecule has 0 saturated heterocycles. The van der Waals surface area contributed by atoms with E-state index in [1.54, 1.807) is 19.9 Å². The molecule has 0 radical (unpaired) electrons. The molecule has 0 aromatic carbocycles. The third-order valence-corrected chi connectivity index (χ3v) is 3.13. The highest BCUT2D eigenvalue weighted by atomic mass is 16.5. The van der Waals surface area contributed by atoms with Crippen molar-refractivity contribution in [2.24, 2.45) is 0 Å². The van der Waals surface area contributed by atoms with Gasteiger partial charge in [0.05, 0.1) is 6.54 Å². The normalized spacial score (nSPS) is 14.1. The topological polar surface area (TPSA) is 71.7 Å². The molecule has 0 fully saturated rings. The first-order valence-corrected chi connectivity index (χ1v) is 7.01. The average molecular weight is 283 g/mol. The number of hydrogen-bond acceptors (Lipinski definition) is 4. The lowest BCUT2D eigenvalue weighted by Crippen LogP contribution is -2.40. The van der Waals surface area contributed by atoms with E-state index in [4.69, 9.17) is 9.15 Å². The van der Waals surface area contributed by atoms with Crippen LogP contribution in [0.25, 0.3) is 0 Å². The van der Waals surface area contributed by atoms with Gasteiger partial charge in [-0.3, -0.25) is 4.79 Å². The van der Waals surface area contributed by atoms with E-state index in [1.807, 2.05) is 6.92 Å². The Morgan fingerprint density at radius 3 is 2.75 bits per heavy atom. The zero-order valence-electron chi connectivity index (χ0n) is 12.8. The van der Waals surface area contributed by atoms with Crippen LogP contribution in [0.5, 0.6) is 0 Å². The van der Waals surface area contributed by atoms with E-state index in [2.05, 4.69) is 12.2 Å². The molecule has 1 unspecified atom stereocenters. The van der Waals surface area contributed by atoms with Crippen molar-refractivity contribution in [2.75, 3.05) is 19.8 Å². The Bertz CT molecular complexity index is 437. The van der Waals surface area contributed by atoms with E-state index in [0.717, 1.165) is 18.6 Å². The first-order chi connectivity index (χ1) is 9.36. The van der Waals surface area contributed by atoms with Crippen LogP contribution < -0.4 is 5.32 Å². The molecule has 20 heavy (non-hydrogen) atoms. The number of amides is 1. The smallest absolute Gasteiger partial charge is 0.246 e. The van der Waals surface area contributed by atoms with Crippen LogP contribution >= 0.6 is 0 Å². The van der Waals surface area contributed by atoms with E-state index in [-0.39, 0.29) is 19.1 Å². The highest BCUT2D eigenvalue weighted by molar-refractivity contribution is 5.77. The van der Waals surface area contributed by atoms with Crippen LogP contribution in [0.1, 0.15) is 43.8 Å². The molecule has 1 heterocycles. The fourth-order valence-electron chi connectivity index (χ4n) is 1.99. The minimum atomic E-state index is -1.15. The Labute approximate surface area is 120 Å². The molecular formula is C15H25NO4. The standard InChI is InChI=1S/C15H25NO4/c1-5-6-7-19-9-14(17)16-10-15(4,18)13-8-11(2)20-12(13)3/h8,18H,5-7,9-10H2,1-4H3,(H,16,17). The van der Waals surface area contributed by atoms with E-state index in [0.29, 0.717) is 17.9 Å². The lowest BCUT2D eigenvalue weighted by Gasteiger charge is -2.23. The second-order valence-corrected chi connectivity index (χ2v) is 5.28. The Kier molecular flexibility index (Phi) is 6.23. The predicted molar refractivity (Wildman–Crippen MR) is 76.5 cm³/mol. The zero-order valence-corrected chi connectivity index (χ0v) is 12.8. The quantitative estimate of drug-likeness (QED) is 0.716. The maximum atomic E-state index is 11.6. The SMILES string of the molecule is CCCCOCC(=O)NCC(C)(O)c1cc(C)oc1C. The molecule has 2 N–H and O–H groups in total. The fourth-order valence-corrected chi connectivity index (χ4v) is 1.99. The summed E-state index contributed by atoms with van der Waals surface area (Å²) in [5.41, 5.74) is -0.455. The molecule has 5 heteroatoms. The van der Waals surface area contributed by atoms with E-state index < -0.39 is 5.60 Å². The summed E-state index contributed by atoms with van der Waals surface area (Å²) in [5.74, 6) is 1.19. The maximum absolute atomic E-state index is 11.6. The van der Waals surface area contributed by atoms with Crippen molar-refractivity contribution in [1.29, 1.82) is 0 Å². The van der Waals surface area contributed by atoms with Gasteiger partial charge in [-0.05, 0) is 33.3 Å². The van der Waals surface area contributed by atoms with Crippen LogP contribution in [0.15, 0.2) is 10.5 Å². The second-order valence-electron chi connectivity index (χ2n) is 5.28. The summed E-state index contributed by atoms with van der Waals surface area (Å²) < 4.78 is 10.6. The molecule has 1 aromatic heterocycles. The van der Waals surface area contributed by atoms with Crippen LogP contribution in [0, 0.1) is 13.8 Å². The van der Waals surface area contributed by atoms with Crippen LogP contribution in [-0.2, 0) is 15.1 Å². The number of rotatable bonds is 8. The minimum Gasteiger partial charge on any atom is -0.466 e. The Morgan fingerprint density at radius 1 is 1.50 bits per heavy atom. The highest BCUT2D eigenvalue weighted by Crippen LogP contribution is 2.26. The molecule has 1 aromatic rings. The largest absolute Gasteiger partial charge is 0.466 e. The van der Waals surface area contributed by atoms with Gasteiger partial charge >= 0.3 is 0 Å². The van der Waals surface area contributed by atoms with E-state index in [1.165, 1.54) is 0 Å². The van der Waals surface area contributed by atoms with E-state index >= 15 is 0 Å². The molecule has 1 amide bonds. The summed E-state index contributed by atoms with van der Waals surface area (Å²) in [6, 6.07) is 1.79. The minimum absolute atomic E-state index is 0.0273. The summed E-state index contributed by atoms with van der Waals surface area (Å²) in [6.07, 6.45) is 1.98. The van der Waals surface area contributed by atoms with Gasteiger partial charge in [0.15, 0.2) is 0 Å². The Balaban J connectivity index is 2.43. The van der Waals surface area contributed by atoms with Crippen LogP contribution in [0.4, 0.5) is 0 Å². The van der Waals surface area contributed by atoms with Crippen molar-refractivity contribution in [3.63, 3.8) is 0 Å². The number of ether oxygens (including phenoxy) is 1. The molecule has 0 saturated carbocycles. The lowest BCUT2D eigenvalue weighted by molar-refractivity contribution is -0.126. The molecule has 0 spiro atoms. The van der Waals surface area contributed by atoms with Gasteiger partial charge in [-0.2, -0.15) is 0 Å². The number of nitrogens with one attached hydrogen (secondary N) is 1. The number of carbonyl (C=O) groups excluding carboxylic acids is 1. The first kappa shape index (κ1) is 16.7. The molecule has 0 aliphatic carbocycles. The van der Waals surface area contributed by atoms with Crippen molar-refractivity contribution in [3.8, 4) is 0 Å². The number of aryl methyl sites for hydroxylation is 2. The molecule has 1 rings (SSSR count). The maximum Gasteiger partial charge on any atom is 0.246 e. The second kappa shape index (κ2) is 7.45. The third kappa shape index (κ3) is 4.98. The third-order valence-electron chi connectivity index (χ3n) is 3.13.